The first-order valence-electron chi connectivity index (χ1n) is 5.84. The number of ether oxygens (including phenoxy) is 1. The molecular weight excluding hydrogens is 332 g/mol. The summed E-state index contributed by atoms with van der Waals surface area (Å²) in [5.74, 6) is -0.725. The number of alkyl halides is 1. The van der Waals surface area contributed by atoms with Gasteiger partial charge in [0.05, 0.1) is 12.0 Å². The molecule has 1 aromatic rings. The second-order valence-electron chi connectivity index (χ2n) is 4.33. The molecule has 19 heavy (non-hydrogen) atoms. The van der Waals surface area contributed by atoms with Crippen LogP contribution in [0.4, 0.5) is 0 Å². The quantitative estimate of drug-likeness (QED) is 0.585. The number of esters is 1. The van der Waals surface area contributed by atoms with Gasteiger partial charge in [0.2, 0.25) is 0 Å². The highest BCUT2D eigenvalue weighted by Crippen LogP contribution is 2.31. The van der Waals surface area contributed by atoms with Gasteiger partial charge in [0.1, 0.15) is 0 Å². The van der Waals surface area contributed by atoms with E-state index < -0.39 is 20.6 Å². The second-order valence-corrected chi connectivity index (χ2v) is 7.50. The Labute approximate surface area is 122 Å². The minimum absolute atomic E-state index is 0.137. The predicted octanol–water partition coefficient (Wildman–Crippen LogP) is 2.57. The first kappa shape index (κ1) is 16.2. The summed E-state index contributed by atoms with van der Waals surface area (Å²) < 4.78 is 28.4. The fourth-order valence-electron chi connectivity index (χ4n) is 1.83. The fourth-order valence-corrected chi connectivity index (χ4v) is 3.86. The van der Waals surface area contributed by atoms with E-state index in [1.807, 2.05) is 0 Å². The van der Waals surface area contributed by atoms with E-state index >= 15 is 0 Å². The Morgan fingerprint density at radius 1 is 1.32 bits per heavy atom. The third-order valence-corrected chi connectivity index (χ3v) is 6.06. The maximum Gasteiger partial charge on any atom is 0.327 e. The Morgan fingerprint density at radius 2 is 1.89 bits per heavy atom. The molecule has 0 bridgehead atoms. The van der Waals surface area contributed by atoms with Gasteiger partial charge in [0.25, 0.3) is 0 Å². The molecule has 0 radical (unpaired) electrons. The van der Waals surface area contributed by atoms with Gasteiger partial charge in [-0.15, -0.1) is 0 Å². The third kappa shape index (κ3) is 3.17. The number of hydrogen-bond donors (Lipinski definition) is 0. The van der Waals surface area contributed by atoms with Crippen LogP contribution in [0.1, 0.15) is 19.8 Å². The molecule has 4 nitrogen and oxygen atoms in total. The molecule has 0 heterocycles. The molecule has 0 aliphatic carbocycles. The van der Waals surface area contributed by atoms with Crippen LogP contribution in [0.25, 0.3) is 0 Å². The van der Waals surface area contributed by atoms with Crippen molar-refractivity contribution >= 4 is 31.7 Å². The number of halogens is 1. The van der Waals surface area contributed by atoms with Crippen molar-refractivity contribution in [1.29, 1.82) is 0 Å². The molecule has 0 spiro atoms. The van der Waals surface area contributed by atoms with Crippen LogP contribution < -0.4 is 0 Å². The van der Waals surface area contributed by atoms with Gasteiger partial charge in [-0.1, -0.05) is 34.1 Å². The molecule has 0 aromatic heterocycles. The van der Waals surface area contributed by atoms with Crippen LogP contribution in [0.5, 0.6) is 0 Å². The first-order chi connectivity index (χ1) is 8.90. The molecule has 0 aliphatic rings. The number of rotatable bonds is 6. The topological polar surface area (TPSA) is 60.4 Å². The number of hydrogen-bond acceptors (Lipinski definition) is 4. The Balaban J connectivity index is 3.28. The summed E-state index contributed by atoms with van der Waals surface area (Å²) in [6.45, 7) is 1.42. The van der Waals surface area contributed by atoms with Crippen LogP contribution in [0.3, 0.4) is 0 Å². The van der Waals surface area contributed by atoms with E-state index in [2.05, 4.69) is 20.7 Å². The maximum absolute atomic E-state index is 12.6. The summed E-state index contributed by atoms with van der Waals surface area (Å²) in [5.41, 5.74) is 0. The Hall–Kier alpha value is -0.880. The van der Waals surface area contributed by atoms with Crippen LogP contribution in [0.15, 0.2) is 35.2 Å². The van der Waals surface area contributed by atoms with E-state index in [1.165, 1.54) is 26.2 Å². The molecular formula is C13H17BrO4S. The van der Waals surface area contributed by atoms with Gasteiger partial charge < -0.3 is 4.74 Å². The average Bonchev–Trinajstić information content (AvgIpc) is 2.44. The molecule has 0 aliphatic heterocycles. The standard InChI is InChI=1S/C13H17BrO4S/c1-13(9-6-10-14,12(15)18-2)19(16,17)11-7-4-3-5-8-11/h3-5,7-8H,6,9-10H2,1-2H3. The summed E-state index contributed by atoms with van der Waals surface area (Å²) in [6.07, 6.45) is 0.778. The number of carbonyl (C=O) groups is 1. The lowest BCUT2D eigenvalue weighted by atomic mass is 10.1. The largest absolute Gasteiger partial charge is 0.468 e. The maximum atomic E-state index is 12.6. The molecule has 1 unspecified atom stereocenters. The summed E-state index contributed by atoms with van der Waals surface area (Å²) in [6, 6.07) is 7.98. The van der Waals surface area contributed by atoms with Crippen molar-refractivity contribution in [3.05, 3.63) is 30.3 Å². The zero-order valence-corrected chi connectivity index (χ0v) is 13.3. The molecule has 0 fully saturated rings. The summed E-state index contributed by atoms with van der Waals surface area (Å²) in [7, 11) is -2.58. The lowest BCUT2D eigenvalue weighted by molar-refractivity contribution is -0.143. The predicted molar refractivity (Wildman–Crippen MR) is 77.1 cm³/mol. The molecule has 0 N–H and O–H groups in total. The summed E-state index contributed by atoms with van der Waals surface area (Å²) in [5, 5.41) is 0.629. The van der Waals surface area contributed by atoms with Gasteiger partial charge in [-0.05, 0) is 31.9 Å². The van der Waals surface area contributed by atoms with Gasteiger partial charge in [-0.2, -0.15) is 0 Å². The SMILES string of the molecule is COC(=O)C(C)(CCCBr)S(=O)(=O)c1ccccc1. The van der Waals surface area contributed by atoms with Crippen molar-refractivity contribution < 1.29 is 17.9 Å². The monoisotopic (exact) mass is 348 g/mol. The van der Waals surface area contributed by atoms with Gasteiger partial charge in [0, 0.05) is 5.33 Å². The number of benzene rings is 1. The summed E-state index contributed by atoms with van der Waals surface area (Å²) >= 11 is 3.25. The van der Waals surface area contributed by atoms with Crippen LogP contribution >= 0.6 is 15.9 Å². The second kappa shape index (κ2) is 6.52. The van der Waals surface area contributed by atoms with Crippen molar-refractivity contribution in [2.24, 2.45) is 0 Å². The first-order valence-corrected chi connectivity index (χ1v) is 8.44. The molecule has 1 aromatic carbocycles. The molecule has 0 saturated carbocycles. The van der Waals surface area contributed by atoms with E-state index in [0.29, 0.717) is 11.8 Å². The van der Waals surface area contributed by atoms with Crippen LogP contribution in [-0.4, -0.2) is 31.6 Å². The number of carbonyl (C=O) groups excluding carboxylic acids is 1. The summed E-state index contributed by atoms with van der Waals surface area (Å²) in [4.78, 5) is 12.1. The lowest BCUT2D eigenvalue weighted by Crippen LogP contribution is -2.44. The molecule has 1 atom stereocenters. The minimum Gasteiger partial charge on any atom is -0.468 e. The molecule has 0 saturated heterocycles. The van der Waals surface area contributed by atoms with E-state index in [1.54, 1.807) is 18.2 Å². The van der Waals surface area contributed by atoms with Gasteiger partial charge in [-0.3, -0.25) is 4.79 Å². The lowest BCUT2D eigenvalue weighted by Gasteiger charge is -2.26. The van der Waals surface area contributed by atoms with Gasteiger partial charge in [0.15, 0.2) is 14.6 Å². The Morgan fingerprint density at radius 3 is 2.37 bits per heavy atom. The molecule has 106 valence electrons. The number of sulfone groups is 1. The zero-order chi connectivity index (χ0) is 14.5. The van der Waals surface area contributed by atoms with Crippen molar-refractivity contribution in [1.82, 2.24) is 0 Å². The van der Waals surface area contributed by atoms with Crippen LogP contribution in [-0.2, 0) is 19.4 Å². The molecule has 1 rings (SSSR count). The van der Waals surface area contributed by atoms with Crippen molar-refractivity contribution in [3.8, 4) is 0 Å². The molecule has 6 heteroatoms. The average molecular weight is 349 g/mol. The zero-order valence-electron chi connectivity index (χ0n) is 10.9. The van der Waals surface area contributed by atoms with Crippen molar-refractivity contribution in [2.75, 3.05) is 12.4 Å². The number of methoxy groups -OCH3 is 1. The van der Waals surface area contributed by atoms with Crippen LogP contribution in [0, 0.1) is 0 Å². The van der Waals surface area contributed by atoms with Crippen LogP contribution in [0.2, 0.25) is 0 Å². The fraction of sp³-hybridized carbons (Fsp3) is 0.462. The smallest absolute Gasteiger partial charge is 0.327 e. The minimum atomic E-state index is -3.78. The van der Waals surface area contributed by atoms with E-state index in [-0.39, 0.29) is 11.3 Å². The van der Waals surface area contributed by atoms with E-state index in [0.717, 1.165) is 0 Å². The third-order valence-electron chi connectivity index (χ3n) is 3.05. The van der Waals surface area contributed by atoms with Crippen molar-refractivity contribution in [3.63, 3.8) is 0 Å². The highest BCUT2D eigenvalue weighted by Gasteiger charge is 2.47. The van der Waals surface area contributed by atoms with E-state index in [4.69, 9.17) is 0 Å². The van der Waals surface area contributed by atoms with Gasteiger partial charge in [-0.25, -0.2) is 8.42 Å². The highest BCUT2D eigenvalue weighted by atomic mass is 79.9. The van der Waals surface area contributed by atoms with Crippen molar-refractivity contribution in [2.45, 2.75) is 29.4 Å². The Kier molecular flexibility index (Phi) is 5.55. The van der Waals surface area contributed by atoms with E-state index in [9.17, 15) is 13.2 Å². The van der Waals surface area contributed by atoms with Gasteiger partial charge >= 0.3 is 5.97 Å². The highest BCUT2D eigenvalue weighted by molar-refractivity contribution is 9.09. The normalized spacial score (nSPS) is 14.7. The molecule has 0 amide bonds. The Bertz CT molecular complexity index is 527.